The Balaban J connectivity index is 2.16. The van der Waals surface area contributed by atoms with Crippen LogP contribution in [0.2, 0.25) is 5.02 Å². The summed E-state index contributed by atoms with van der Waals surface area (Å²) in [6.45, 7) is 0.485. The Hall–Kier alpha value is -1.92. The van der Waals surface area contributed by atoms with E-state index in [1.54, 1.807) is 30.7 Å². The van der Waals surface area contributed by atoms with Gasteiger partial charge in [0.05, 0.1) is 30.5 Å². The highest BCUT2D eigenvalue weighted by molar-refractivity contribution is 7.10. The predicted octanol–water partition coefficient (Wildman–Crippen LogP) is 3.73. The minimum absolute atomic E-state index is 0.289. The first kappa shape index (κ1) is 15.5. The van der Waals surface area contributed by atoms with E-state index in [1.807, 2.05) is 0 Å². The van der Waals surface area contributed by atoms with Crippen LogP contribution >= 0.6 is 22.9 Å². The number of rotatable bonds is 6. The van der Waals surface area contributed by atoms with E-state index in [1.165, 1.54) is 18.4 Å². The highest BCUT2D eigenvalue weighted by Gasteiger charge is 2.11. The van der Waals surface area contributed by atoms with Crippen LogP contribution < -0.4 is 14.8 Å². The molecule has 0 bridgehead atoms. The van der Waals surface area contributed by atoms with E-state index in [2.05, 4.69) is 5.32 Å². The van der Waals surface area contributed by atoms with Gasteiger partial charge in [-0.05, 0) is 6.07 Å². The third kappa shape index (κ3) is 3.59. The van der Waals surface area contributed by atoms with Crippen molar-refractivity contribution in [2.75, 3.05) is 19.5 Å². The zero-order valence-electron chi connectivity index (χ0n) is 11.5. The van der Waals surface area contributed by atoms with Gasteiger partial charge < -0.3 is 19.9 Å². The van der Waals surface area contributed by atoms with E-state index in [-0.39, 0.29) is 5.56 Å². The molecule has 1 heterocycles. The Morgan fingerprint density at radius 1 is 1.29 bits per heavy atom. The van der Waals surface area contributed by atoms with Crippen LogP contribution in [0.25, 0.3) is 0 Å². The van der Waals surface area contributed by atoms with Gasteiger partial charge in [0.15, 0.2) is 0 Å². The van der Waals surface area contributed by atoms with Crippen molar-refractivity contribution in [3.05, 3.63) is 39.0 Å². The molecule has 0 unspecified atom stereocenters. The van der Waals surface area contributed by atoms with Crippen molar-refractivity contribution in [3.8, 4) is 11.5 Å². The number of ether oxygens (including phenoxy) is 2. The van der Waals surface area contributed by atoms with Crippen molar-refractivity contribution in [3.63, 3.8) is 0 Å². The molecule has 21 heavy (non-hydrogen) atoms. The molecule has 1 aromatic carbocycles. The Bertz CT molecular complexity index is 656. The zero-order valence-corrected chi connectivity index (χ0v) is 13.0. The average Bonchev–Trinajstić information content (AvgIpc) is 2.94. The summed E-state index contributed by atoms with van der Waals surface area (Å²) in [6, 6.07) is 5.05. The number of methoxy groups -OCH3 is 2. The van der Waals surface area contributed by atoms with Crippen molar-refractivity contribution in [2.45, 2.75) is 6.54 Å². The van der Waals surface area contributed by atoms with E-state index in [0.29, 0.717) is 23.1 Å². The van der Waals surface area contributed by atoms with Crippen LogP contribution in [-0.4, -0.2) is 25.3 Å². The van der Waals surface area contributed by atoms with Gasteiger partial charge in [0.2, 0.25) is 0 Å². The van der Waals surface area contributed by atoms with Crippen LogP contribution in [0.5, 0.6) is 11.5 Å². The second kappa shape index (κ2) is 6.69. The summed E-state index contributed by atoms with van der Waals surface area (Å²) in [6.07, 6.45) is 0. The molecule has 2 aromatic rings. The van der Waals surface area contributed by atoms with Crippen LogP contribution in [0, 0.1) is 0 Å². The maximum atomic E-state index is 10.8. The molecule has 0 fully saturated rings. The number of halogens is 1. The van der Waals surface area contributed by atoms with E-state index >= 15 is 0 Å². The fourth-order valence-corrected chi connectivity index (χ4v) is 2.79. The Morgan fingerprint density at radius 3 is 2.57 bits per heavy atom. The molecule has 0 saturated carbocycles. The van der Waals surface area contributed by atoms with Gasteiger partial charge in [-0.3, -0.25) is 0 Å². The molecule has 7 heteroatoms. The fourth-order valence-electron chi connectivity index (χ4n) is 1.77. The molecule has 0 aliphatic heterocycles. The lowest BCUT2D eigenvalue weighted by Gasteiger charge is -2.13. The van der Waals surface area contributed by atoms with Gasteiger partial charge in [-0.25, -0.2) is 4.79 Å². The smallest absolute Gasteiger partial charge is 0.336 e. The Morgan fingerprint density at radius 2 is 2.00 bits per heavy atom. The first-order valence-corrected chi connectivity index (χ1v) is 7.27. The molecule has 0 radical (unpaired) electrons. The number of hydrogen-bond donors (Lipinski definition) is 2. The minimum Gasteiger partial charge on any atom is -0.495 e. The zero-order chi connectivity index (χ0) is 15.4. The molecule has 1 aromatic heterocycles. The largest absolute Gasteiger partial charge is 0.495 e. The van der Waals surface area contributed by atoms with Gasteiger partial charge in [-0.2, -0.15) is 0 Å². The molecule has 0 aliphatic rings. The topological polar surface area (TPSA) is 67.8 Å². The summed E-state index contributed by atoms with van der Waals surface area (Å²) < 4.78 is 10.4. The van der Waals surface area contributed by atoms with Crippen molar-refractivity contribution in [1.82, 2.24) is 0 Å². The minimum atomic E-state index is -0.928. The molecule has 0 atom stereocenters. The highest BCUT2D eigenvalue weighted by atomic mass is 35.5. The van der Waals surface area contributed by atoms with Gasteiger partial charge in [-0.15, -0.1) is 11.3 Å². The summed E-state index contributed by atoms with van der Waals surface area (Å²) in [4.78, 5) is 11.8. The van der Waals surface area contributed by atoms with Gasteiger partial charge in [-0.1, -0.05) is 11.6 Å². The van der Waals surface area contributed by atoms with Crippen LogP contribution in [0.4, 0.5) is 5.69 Å². The first-order valence-electron chi connectivity index (χ1n) is 6.01. The summed E-state index contributed by atoms with van der Waals surface area (Å²) in [5, 5.41) is 14.2. The molecular weight excluding hydrogens is 314 g/mol. The van der Waals surface area contributed by atoms with Crippen LogP contribution in [0.15, 0.2) is 23.6 Å². The third-order valence-corrected chi connectivity index (χ3v) is 4.06. The molecule has 0 amide bonds. The molecule has 5 nitrogen and oxygen atoms in total. The van der Waals surface area contributed by atoms with Crippen molar-refractivity contribution in [1.29, 1.82) is 0 Å². The number of nitrogens with one attached hydrogen (secondary N) is 1. The number of thiophene rings is 1. The fraction of sp³-hybridized carbons (Fsp3) is 0.214. The lowest BCUT2D eigenvalue weighted by molar-refractivity contribution is 0.0697. The normalized spacial score (nSPS) is 10.2. The number of carboxylic acids is 1. The lowest BCUT2D eigenvalue weighted by atomic mass is 10.2. The Labute approximate surface area is 131 Å². The van der Waals surface area contributed by atoms with Gasteiger partial charge >= 0.3 is 5.97 Å². The quantitative estimate of drug-likeness (QED) is 0.846. The van der Waals surface area contributed by atoms with Gasteiger partial charge in [0.25, 0.3) is 0 Å². The number of aromatic carboxylic acids is 1. The van der Waals surface area contributed by atoms with Crippen molar-refractivity contribution < 1.29 is 19.4 Å². The second-order valence-electron chi connectivity index (χ2n) is 4.15. The molecule has 0 aliphatic carbocycles. The number of carbonyl (C=O) groups is 1. The summed E-state index contributed by atoms with van der Waals surface area (Å²) in [5.41, 5.74) is 1.02. The SMILES string of the molecule is COc1cc(NCc2cc(C(=O)O)cs2)c(OC)cc1Cl. The number of hydrogen-bond acceptors (Lipinski definition) is 5. The molecule has 2 rings (SSSR count). The van der Waals surface area contributed by atoms with E-state index in [4.69, 9.17) is 26.2 Å². The Kier molecular flexibility index (Phi) is 4.93. The van der Waals surface area contributed by atoms with Gasteiger partial charge in [0.1, 0.15) is 11.5 Å². The average molecular weight is 328 g/mol. The molecule has 0 spiro atoms. The van der Waals surface area contributed by atoms with Crippen LogP contribution in [0.1, 0.15) is 15.2 Å². The predicted molar refractivity (Wildman–Crippen MR) is 83.2 cm³/mol. The standard InChI is InChI=1S/C14H14ClNO4S/c1-19-12-5-11(13(20-2)4-10(12)15)16-6-9-3-8(7-21-9)14(17)18/h3-5,7,16H,6H2,1-2H3,(H,17,18). The molecule has 0 saturated heterocycles. The first-order chi connectivity index (χ1) is 10.0. The molecule has 112 valence electrons. The van der Waals surface area contributed by atoms with E-state index in [9.17, 15) is 4.79 Å². The molecular formula is C14H14ClNO4S. The monoisotopic (exact) mass is 327 g/mol. The molecule has 2 N–H and O–H groups in total. The maximum Gasteiger partial charge on any atom is 0.336 e. The number of benzene rings is 1. The van der Waals surface area contributed by atoms with E-state index in [0.717, 1.165) is 10.6 Å². The van der Waals surface area contributed by atoms with Crippen molar-refractivity contribution >= 4 is 34.6 Å². The summed E-state index contributed by atoms with van der Waals surface area (Å²) >= 11 is 7.42. The summed E-state index contributed by atoms with van der Waals surface area (Å²) in [5.74, 6) is 0.205. The lowest BCUT2D eigenvalue weighted by Crippen LogP contribution is -2.01. The summed E-state index contributed by atoms with van der Waals surface area (Å²) in [7, 11) is 3.09. The van der Waals surface area contributed by atoms with E-state index < -0.39 is 5.97 Å². The number of anilines is 1. The van der Waals surface area contributed by atoms with Crippen LogP contribution in [0.3, 0.4) is 0 Å². The number of carboxylic acid groups (broad SMARTS) is 1. The maximum absolute atomic E-state index is 10.8. The van der Waals surface area contributed by atoms with Crippen LogP contribution in [-0.2, 0) is 6.54 Å². The highest BCUT2D eigenvalue weighted by Crippen LogP contribution is 2.36. The third-order valence-electron chi connectivity index (χ3n) is 2.83. The van der Waals surface area contributed by atoms with Gasteiger partial charge in [0, 0.05) is 28.9 Å². The second-order valence-corrected chi connectivity index (χ2v) is 5.55. The van der Waals surface area contributed by atoms with Crippen molar-refractivity contribution in [2.24, 2.45) is 0 Å².